The Morgan fingerprint density at radius 1 is 1.33 bits per heavy atom. The standard InChI is InChI=1S/C15H23N5O/c1-15(2,3)14-18-17-13(21-14)10-20-7-5-6-12(20)11-8-16-19(4)9-11/h8-9,12H,5-7,10H2,1-4H3. The van der Waals surface area contributed by atoms with E-state index >= 15 is 0 Å². The van der Waals surface area contributed by atoms with Crippen molar-refractivity contribution in [3.8, 4) is 0 Å². The van der Waals surface area contributed by atoms with Crippen molar-refractivity contribution in [3.63, 3.8) is 0 Å². The first-order valence-corrected chi connectivity index (χ1v) is 7.49. The second kappa shape index (κ2) is 5.26. The molecule has 0 bridgehead atoms. The van der Waals surface area contributed by atoms with Gasteiger partial charge in [0.15, 0.2) is 0 Å². The van der Waals surface area contributed by atoms with E-state index in [0.29, 0.717) is 24.4 Å². The van der Waals surface area contributed by atoms with Gasteiger partial charge in [-0.15, -0.1) is 10.2 Å². The second-order valence-electron chi connectivity index (χ2n) is 6.83. The van der Waals surface area contributed by atoms with Gasteiger partial charge in [0.2, 0.25) is 11.8 Å². The predicted octanol–water partition coefficient (Wildman–Crippen LogP) is 2.44. The van der Waals surface area contributed by atoms with Gasteiger partial charge in [0.1, 0.15) is 0 Å². The van der Waals surface area contributed by atoms with Crippen LogP contribution in [0.3, 0.4) is 0 Å². The molecule has 0 aromatic carbocycles. The molecule has 21 heavy (non-hydrogen) atoms. The van der Waals surface area contributed by atoms with E-state index in [1.807, 2.05) is 17.9 Å². The fourth-order valence-electron chi connectivity index (χ4n) is 2.80. The summed E-state index contributed by atoms with van der Waals surface area (Å²) < 4.78 is 7.67. The van der Waals surface area contributed by atoms with Crippen LogP contribution in [0.1, 0.15) is 57.0 Å². The summed E-state index contributed by atoms with van der Waals surface area (Å²) in [7, 11) is 1.95. The molecule has 0 spiro atoms. The molecule has 3 rings (SSSR count). The van der Waals surface area contributed by atoms with Gasteiger partial charge in [-0.25, -0.2) is 0 Å². The molecule has 0 N–H and O–H groups in total. The van der Waals surface area contributed by atoms with Crippen molar-refractivity contribution < 1.29 is 4.42 Å². The van der Waals surface area contributed by atoms with Crippen molar-refractivity contribution in [2.45, 2.75) is 51.6 Å². The molecule has 114 valence electrons. The Bertz CT molecular complexity index is 610. The van der Waals surface area contributed by atoms with Crippen LogP contribution in [0.15, 0.2) is 16.8 Å². The summed E-state index contributed by atoms with van der Waals surface area (Å²) >= 11 is 0. The predicted molar refractivity (Wildman–Crippen MR) is 78.6 cm³/mol. The maximum atomic E-state index is 5.81. The number of aromatic nitrogens is 4. The van der Waals surface area contributed by atoms with E-state index in [2.05, 4.69) is 47.2 Å². The molecule has 2 aromatic heterocycles. The Labute approximate surface area is 125 Å². The molecule has 0 aliphatic carbocycles. The SMILES string of the molecule is Cn1cc(C2CCCN2Cc2nnc(C(C)(C)C)o2)cn1. The summed E-state index contributed by atoms with van der Waals surface area (Å²) in [6.45, 7) is 8.02. The molecule has 1 unspecified atom stereocenters. The number of nitrogens with zero attached hydrogens (tertiary/aromatic N) is 5. The van der Waals surface area contributed by atoms with E-state index in [1.165, 1.54) is 12.0 Å². The molecule has 1 fully saturated rings. The van der Waals surface area contributed by atoms with Gasteiger partial charge >= 0.3 is 0 Å². The third-order valence-corrected chi connectivity index (χ3v) is 3.92. The minimum Gasteiger partial charge on any atom is -0.423 e. The fraction of sp³-hybridized carbons (Fsp3) is 0.667. The van der Waals surface area contributed by atoms with Crippen molar-refractivity contribution in [2.75, 3.05) is 6.54 Å². The van der Waals surface area contributed by atoms with Gasteiger partial charge in [-0.05, 0) is 19.4 Å². The van der Waals surface area contributed by atoms with Crippen LogP contribution in [-0.2, 0) is 19.0 Å². The van der Waals surface area contributed by atoms with E-state index in [-0.39, 0.29) is 5.41 Å². The molecular formula is C15H23N5O. The van der Waals surface area contributed by atoms with Crippen LogP contribution in [-0.4, -0.2) is 31.4 Å². The highest BCUT2D eigenvalue weighted by molar-refractivity contribution is 5.12. The van der Waals surface area contributed by atoms with E-state index in [4.69, 9.17) is 4.42 Å². The monoisotopic (exact) mass is 289 g/mol. The van der Waals surface area contributed by atoms with Gasteiger partial charge in [-0.2, -0.15) is 5.10 Å². The largest absolute Gasteiger partial charge is 0.423 e. The molecule has 1 atom stereocenters. The van der Waals surface area contributed by atoms with E-state index in [1.54, 1.807) is 0 Å². The first-order valence-electron chi connectivity index (χ1n) is 7.49. The molecule has 1 aliphatic rings. The average Bonchev–Trinajstić information content (AvgIpc) is 3.08. The molecule has 1 aliphatic heterocycles. The lowest BCUT2D eigenvalue weighted by molar-refractivity contribution is 0.218. The fourth-order valence-corrected chi connectivity index (χ4v) is 2.80. The maximum Gasteiger partial charge on any atom is 0.230 e. The van der Waals surface area contributed by atoms with Crippen molar-refractivity contribution >= 4 is 0 Å². The maximum absolute atomic E-state index is 5.81. The number of hydrogen-bond donors (Lipinski definition) is 0. The topological polar surface area (TPSA) is 60.0 Å². The average molecular weight is 289 g/mol. The Morgan fingerprint density at radius 2 is 2.14 bits per heavy atom. The van der Waals surface area contributed by atoms with Crippen LogP contribution >= 0.6 is 0 Å². The first kappa shape index (κ1) is 14.3. The van der Waals surface area contributed by atoms with Gasteiger partial charge in [0.25, 0.3) is 0 Å². The first-order chi connectivity index (χ1) is 9.93. The zero-order chi connectivity index (χ0) is 15.0. The minimum atomic E-state index is -0.0982. The van der Waals surface area contributed by atoms with Crippen LogP contribution in [0.4, 0.5) is 0 Å². The van der Waals surface area contributed by atoms with Crippen LogP contribution in [0.2, 0.25) is 0 Å². The zero-order valence-electron chi connectivity index (χ0n) is 13.2. The highest BCUT2D eigenvalue weighted by Gasteiger charge is 2.29. The highest BCUT2D eigenvalue weighted by atomic mass is 16.4. The van der Waals surface area contributed by atoms with E-state index < -0.39 is 0 Å². The van der Waals surface area contributed by atoms with E-state index in [0.717, 1.165) is 13.0 Å². The van der Waals surface area contributed by atoms with Crippen molar-refractivity contribution in [1.29, 1.82) is 0 Å². The third-order valence-electron chi connectivity index (χ3n) is 3.92. The lowest BCUT2D eigenvalue weighted by Crippen LogP contribution is -2.22. The van der Waals surface area contributed by atoms with Gasteiger partial charge < -0.3 is 4.42 Å². The molecule has 0 saturated carbocycles. The van der Waals surface area contributed by atoms with Crippen LogP contribution in [0.25, 0.3) is 0 Å². The summed E-state index contributed by atoms with van der Waals surface area (Å²) in [5.41, 5.74) is 1.17. The third kappa shape index (κ3) is 3.00. The molecule has 6 nitrogen and oxygen atoms in total. The highest BCUT2D eigenvalue weighted by Crippen LogP contribution is 2.33. The lowest BCUT2D eigenvalue weighted by Gasteiger charge is -2.21. The van der Waals surface area contributed by atoms with Crippen LogP contribution in [0.5, 0.6) is 0 Å². The number of aryl methyl sites for hydroxylation is 1. The summed E-state index contributed by atoms with van der Waals surface area (Å²) in [6, 6.07) is 0.406. The number of rotatable bonds is 3. The second-order valence-corrected chi connectivity index (χ2v) is 6.83. The summed E-state index contributed by atoms with van der Waals surface area (Å²) in [6.07, 6.45) is 6.40. The minimum absolute atomic E-state index is 0.0982. The van der Waals surface area contributed by atoms with Crippen molar-refractivity contribution in [2.24, 2.45) is 7.05 Å². The van der Waals surface area contributed by atoms with E-state index in [9.17, 15) is 0 Å². The summed E-state index contributed by atoms with van der Waals surface area (Å²) in [5.74, 6) is 1.41. The van der Waals surface area contributed by atoms with Gasteiger partial charge in [0, 0.05) is 30.3 Å². The molecule has 2 aromatic rings. The zero-order valence-corrected chi connectivity index (χ0v) is 13.2. The normalized spacial score (nSPS) is 20.3. The number of hydrogen-bond acceptors (Lipinski definition) is 5. The summed E-state index contributed by atoms with van der Waals surface area (Å²) in [5, 5.41) is 12.6. The van der Waals surface area contributed by atoms with Crippen LogP contribution in [0, 0.1) is 0 Å². The van der Waals surface area contributed by atoms with Crippen molar-refractivity contribution in [1.82, 2.24) is 24.9 Å². The Kier molecular flexibility index (Phi) is 3.57. The number of likely N-dealkylation sites (tertiary alicyclic amines) is 1. The molecule has 0 radical (unpaired) electrons. The lowest BCUT2D eigenvalue weighted by atomic mass is 9.97. The molecular weight excluding hydrogens is 266 g/mol. The van der Waals surface area contributed by atoms with Gasteiger partial charge in [-0.1, -0.05) is 20.8 Å². The quantitative estimate of drug-likeness (QED) is 0.868. The molecule has 1 saturated heterocycles. The van der Waals surface area contributed by atoms with Crippen LogP contribution < -0.4 is 0 Å². The Hall–Kier alpha value is -1.69. The Balaban J connectivity index is 1.73. The molecule has 6 heteroatoms. The smallest absolute Gasteiger partial charge is 0.230 e. The Morgan fingerprint density at radius 3 is 2.76 bits per heavy atom. The molecule has 3 heterocycles. The van der Waals surface area contributed by atoms with Crippen molar-refractivity contribution in [3.05, 3.63) is 29.7 Å². The van der Waals surface area contributed by atoms with Gasteiger partial charge in [-0.3, -0.25) is 9.58 Å². The van der Waals surface area contributed by atoms with Gasteiger partial charge in [0.05, 0.1) is 12.7 Å². The summed E-state index contributed by atoms with van der Waals surface area (Å²) in [4.78, 5) is 2.40. The molecule has 0 amide bonds.